The minimum atomic E-state index is -0.0943. The van der Waals surface area contributed by atoms with Crippen LogP contribution in [0.3, 0.4) is 0 Å². The summed E-state index contributed by atoms with van der Waals surface area (Å²) in [4.78, 5) is 23.8. The van der Waals surface area contributed by atoms with Crippen molar-refractivity contribution in [2.75, 3.05) is 17.2 Å². The maximum absolute atomic E-state index is 12.0. The van der Waals surface area contributed by atoms with Crippen molar-refractivity contribution >= 4 is 34.1 Å². The lowest BCUT2D eigenvalue weighted by molar-refractivity contribution is -0.121. The van der Waals surface area contributed by atoms with Crippen molar-refractivity contribution in [3.8, 4) is 0 Å². The minimum absolute atomic E-state index is 0.0619. The standard InChI is InChI=1S/C30H43N7O2S/c1-8-21(4)18-28(39)33-26-14-13-25(34-35-26)11-9-10-12-29-36-37-30(40-29)32-24(7)17-22(5)16-23(6)19-31-27(38)15-20(2)3/h8,13-14,16,20H,5,7,9-12,15,17-19H2,1-4,6H3,(H,31,38)(H,32,37)(H,33,35,39)/b21-8+,23-16+. The van der Waals surface area contributed by atoms with Gasteiger partial charge in [-0.25, -0.2) is 0 Å². The van der Waals surface area contributed by atoms with Gasteiger partial charge >= 0.3 is 0 Å². The van der Waals surface area contributed by atoms with Crippen LogP contribution in [0.1, 0.15) is 77.4 Å². The van der Waals surface area contributed by atoms with Gasteiger partial charge in [-0.3, -0.25) is 9.59 Å². The molecule has 2 aromatic rings. The van der Waals surface area contributed by atoms with E-state index < -0.39 is 0 Å². The maximum Gasteiger partial charge on any atom is 0.229 e. The van der Waals surface area contributed by atoms with E-state index in [1.165, 1.54) is 11.3 Å². The lowest BCUT2D eigenvalue weighted by atomic mass is 10.1. The average molecular weight is 566 g/mol. The van der Waals surface area contributed by atoms with Gasteiger partial charge in [0, 0.05) is 37.9 Å². The third kappa shape index (κ3) is 13.4. The number of hydrogen-bond donors (Lipinski definition) is 3. The molecule has 2 amide bonds. The van der Waals surface area contributed by atoms with Crippen LogP contribution in [0.4, 0.5) is 10.9 Å². The zero-order valence-electron chi connectivity index (χ0n) is 24.5. The van der Waals surface area contributed by atoms with Gasteiger partial charge in [0.15, 0.2) is 5.82 Å². The number of anilines is 2. The van der Waals surface area contributed by atoms with Crippen molar-refractivity contribution < 1.29 is 9.59 Å². The third-order valence-corrected chi connectivity index (χ3v) is 6.69. The molecule has 0 fully saturated rings. The summed E-state index contributed by atoms with van der Waals surface area (Å²) in [6, 6.07) is 3.69. The molecule has 10 heteroatoms. The van der Waals surface area contributed by atoms with Crippen LogP contribution in [-0.4, -0.2) is 38.8 Å². The summed E-state index contributed by atoms with van der Waals surface area (Å²) < 4.78 is 0. The Hall–Kier alpha value is -3.66. The van der Waals surface area contributed by atoms with E-state index in [0.29, 0.717) is 42.7 Å². The van der Waals surface area contributed by atoms with Gasteiger partial charge in [-0.1, -0.05) is 61.6 Å². The largest absolute Gasteiger partial charge is 0.352 e. The van der Waals surface area contributed by atoms with Gasteiger partial charge in [-0.15, -0.1) is 15.3 Å². The van der Waals surface area contributed by atoms with Gasteiger partial charge in [0.25, 0.3) is 0 Å². The molecule has 0 atom stereocenters. The van der Waals surface area contributed by atoms with Gasteiger partial charge in [0.05, 0.1) is 5.69 Å². The molecule has 0 aromatic carbocycles. The normalized spacial score (nSPS) is 11.8. The predicted octanol–water partition coefficient (Wildman–Crippen LogP) is 6.17. The highest BCUT2D eigenvalue weighted by molar-refractivity contribution is 7.15. The molecule has 0 aliphatic heterocycles. The molecule has 0 radical (unpaired) electrons. The zero-order chi connectivity index (χ0) is 29.5. The Morgan fingerprint density at radius 3 is 2.38 bits per heavy atom. The van der Waals surface area contributed by atoms with Gasteiger partial charge < -0.3 is 16.0 Å². The fraction of sp³-hybridized carbons (Fsp3) is 0.467. The predicted molar refractivity (Wildman–Crippen MR) is 164 cm³/mol. The number of rotatable bonds is 17. The molecule has 2 heterocycles. The monoisotopic (exact) mass is 565 g/mol. The number of nitrogens with one attached hydrogen (secondary N) is 3. The van der Waals surface area contributed by atoms with E-state index in [2.05, 4.69) is 49.5 Å². The van der Waals surface area contributed by atoms with E-state index in [0.717, 1.165) is 58.8 Å². The number of aromatic nitrogens is 4. The molecule has 216 valence electrons. The Morgan fingerprint density at radius 1 is 0.950 bits per heavy atom. The molecule has 3 N–H and O–H groups in total. The van der Waals surface area contributed by atoms with Crippen LogP contribution < -0.4 is 16.0 Å². The highest BCUT2D eigenvalue weighted by Crippen LogP contribution is 2.21. The molecule has 0 aliphatic rings. The topological polar surface area (TPSA) is 122 Å². The molecular weight excluding hydrogens is 522 g/mol. The van der Waals surface area contributed by atoms with Crippen LogP contribution in [-0.2, 0) is 22.4 Å². The molecule has 2 rings (SSSR count). The highest BCUT2D eigenvalue weighted by Gasteiger charge is 2.08. The first-order chi connectivity index (χ1) is 19.0. The van der Waals surface area contributed by atoms with Crippen LogP contribution in [0, 0.1) is 5.92 Å². The summed E-state index contributed by atoms with van der Waals surface area (Å²) in [5.41, 5.74) is 4.63. The smallest absolute Gasteiger partial charge is 0.229 e. The molecule has 0 unspecified atom stereocenters. The van der Waals surface area contributed by atoms with Crippen LogP contribution in [0.2, 0.25) is 0 Å². The maximum atomic E-state index is 12.0. The number of allylic oxidation sites excluding steroid dienone is 3. The summed E-state index contributed by atoms with van der Waals surface area (Å²) in [6.07, 6.45) is 8.88. The van der Waals surface area contributed by atoms with Crippen molar-refractivity contribution in [3.63, 3.8) is 0 Å². The first kappa shape index (κ1) is 32.6. The number of amides is 2. The first-order valence-electron chi connectivity index (χ1n) is 13.7. The Morgan fingerprint density at radius 2 is 1.70 bits per heavy atom. The first-order valence-corrected chi connectivity index (χ1v) is 14.5. The second-order valence-electron chi connectivity index (χ2n) is 10.4. The minimum Gasteiger partial charge on any atom is -0.352 e. The zero-order valence-corrected chi connectivity index (χ0v) is 25.3. The Kier molecular flexibility index (Phi) is 13.9. The molecule has 0 spiro atoms. The molecule has 0 bridgehead atoms. The highest BCUT2D eigenvalue weighted by atomic mass is 32.1. The number of nitrogens with zero attached hydrogens (tertiary/aromatic N) is 4. The molecule has 0 aliphatic carbocycles. The third-order valence-electron chi connectivity index (χ3n) is 5.79. The molecule has 9 nitrogen and oxygen atoms in total. The molecule has 0 saturated carbocycles. The SMILES string of the molecule is C=C(/C=C(\C)CNC(=O)CC(C)C)CC(=C)Nc1nnc(CCCCc2ccc(NC(=O)C/C(C)=C/C)nn2)s1. The summed E-state index contributed by atoms with van der Waals surface area (Å²) >= 11 is 1.52. The summed E-state index contributed by atoms with van der Waals surface area (Å²) in [5, 5.41) is 27.5. The van der Waals surface area contributed by atoms with Crippen molar-refractivity contribution in [3.05, 3.63) is 70.6 Å². The Labute approximate surface area is 242 Å². The molecule has 0 saturated heterocycles. The second kappa shape index (κ2) is 17.1. The van der Waals surface area contributed by atoms with E-state index in [1.54, 1.807) is 6.07 Å². The second-order valence-corrected chi connectivity index (χ2v) is 11.5. The van der Waals surface area contributed by atoms with Gasteiger partial charge in [0.2, 0.25) is 16.9 Å². The number of aryl methyl sites for hydroxylation is 2. The average Bonchev–Trinajstić information content (AvgIpc) is 3.32. The van der Waals surface area contributed by atoms with Crippen molar-refractivity contribution in [1.82, 2.24) is 25.7 Å². The van der Waals surface area contributed by atoms with Gasteiger partial charge in [-0.2, -0.15) is 5.10 Å². The van der Waals surface area contributed by atoms with Crippen molar-refractivity contribution in [2.45, 2.75) is 79.6 Å². The molecule has 40 heavy (non-hydrogen) atoms. The van der Waals surface area contributed by atoms with Gasteiger partial charge in [-0.05, 0) is 63.7 Å². The van der Waals surface area contributed by atoms with Gasteiger partial charge in [0.1, 0.15) is 5.01 Å². The summed E-state index contributed by atoms with van der Waals surface area (Å²) in [5.74, 6) is 0.774. The quantitative estimate of drug-likeness (QED) is 0.119. The molecule has 2 aromatic heterocycles. The van der Waals surface area contributed by atoms with Crippen LogP contribution in [0.25, 0.3) is 0 Å². The summed E-state index contributed by atoms with van der Waals surface area (Å²) in [6.45, 7) is 18.6. The van der Waals surface area contributed by atoms with E-state index in [-0.39, 0.29) is 11.8 Å². The Balaban J connectivity index is 1.68. The van der Waals surface area contributed by atoms with E-state index in [1.807, 2.05) is 52.8 Å². The fourth-order valence-electron chi connectivity index (χ4n) is 3.69. The summed E-state index contributed by atoms with van der Waals surface area (Å²) in [7, 11) is 0. The lowest BCUT2D eigenvalue weighted by Gasteiger charge is -2.09. The number of hydrogen-bond acceptors (Lipinski definition) is 8. The van der Waals surface area contributed by atoms with Crippen LogP contribution in [0.5, 0.6) is 0 Å². The lowest BCUT2D eigenvalue weighted by Crippen LogP contribution is -2.26. The fourth-order valence-corrected chi connectivity index (χ4v) is 4.52. The Bertz CT molecular complexity index is 1210. The van der Waals surface area contributed by atoms with E-state index in [4.69, 9.17) is 0 Å². The van der Waals surface area contributed by atoms with E-state index >= 15 is 0 Å². The molecular formula is C30H43N7O2S. The number of unbranched alkanes of at least 4 members (excludes halogenated alkanes) is 1. The van der Waals surface area contributed by atoms with Crippen LogP contribution in [0.15, 0.2) is 59.9 Å². The number of carbonyl (C=O) groups excluding carboxylic acids is 2. The van der Waals surface area contributed by atoms with Crippen LogP contribution >= 0.6 is 11.3 Å². The number of carbonyl (C=O) groups is 2. The van der Waals surface area contributed by atoms with E-state index in [9.17, 15) is 9.59 Å². The van der Waals surface area contributed by atoms with Crippen molar-refractivity contribution in [2.24, 2.45) is 5.92 Å². The van der Waals surface area contributed by atoms with Crippen molar-refractivity contribution in [1.29, 1.82) is 0 Å².